The molecular weight excluding hydrogens is 838 g/mol. The lowest BCUT2D eigenvalue weighted by Gasteiger charge is -2.19. The van der Waals surface area contributed by atoms with Crippen LogP contribution in [0.5, 0.6) is 0 Å². The molecule has 0 aliphatic heterocycles. The summed E-state index contributed by atoms with van der Waals surface area (Å²) in [5.41, 5.74) is 27.7. The highest BCUT2D eigenvalue weighted by Gasteiger charge is 2.26. The molecule has 10 aromatic carbocycles. The van der Waals surface area contributed by atoms with Crippen molar-refractivity contribution < 1.29 is 0 Å². The largest absolute Gasteiger partial charge is 0.310 e. The molecule has 322 valence electrons. The average Bonchev–Trinajstić information content (AvgIpc) is 4.06. The fourth-order valence-electron chi connectivity index (χ4n) is 12.1. The van der Waals surface area contributed by atoms with Crippen LogP contribution in [0.15, 0.2) is 194 Å². The molecule has 0 aliphatic carbocycles. The second-order valence-corrected chi connectivity index (χ2v) is 19.5. The fraction of sp³-hybridized carbons (Fsp3) is 0. The SMILES string of the molecule is Bc1c(B)c(B)c2c(c1B)c1c(B)c(-c3ccc4c(c3)c3cc(-c5ccccc5)ccc3n4-c3ccccc3)c(B)c(B)c1n2-c1ccc2c(c1)c1ccccc1n2-c1ccccc1-c1ccccc1. The summed E-state index contributed by atoms with van der Waals surface area (Å²) < 4.78 is 7.51. The van der Waals surface area contributed by atoms with Crippen LogP contribution in [-0.4, -0.2) is 68.6 Å². The van der Waals surface area contributed by atoms with Crippen LogP contribution in [0.4, 0.5) is 0 Å². The van der Waals surface area contributed by atoms with Crippen molar-refractivity contribution in [3.63, 3.8) is 0 Å². The third-order valence-electron chi connectivity index (χ3n) is 16.0. The molecule has 0 spiro atoms. The molecule has 0 saturated carbocycles. The molecule has 3 nitrogen and oxygen atoms in total. The Bertz CT molecular complexity index is 4310. The van der Waals surface area contributed by atoms with Gasteiger partial charge >= 0.3 is 0 Å². The number of hydrogen-bond acceptors (Lipinski definition) is 0. The normalized spacial score (nSPS) is 11.8. The zero-order valence-corrected chi connectivity index (χ0v) is 40.8. The van der Waals surface area contributed by atoms with Crippen LogP contribution in [0.3, 0.4) is 0 Å². The van der Waals surface area contributed by atoms with Gasteiger partial charge in [-0.25, -0.2) is 0 Å². The Morgan fingerprint density at radius 3 is 1.49 bits per heavy atom. The lowest BCUT2D eigenvalue weighted by molar-refractivity contribution is 1.17. The number of nitrogens with zero attached hydrogens (tertiary/aromatic N) is 3. The molecule has 0 saturated heterocycles. The predicted octanol–water partition coefficient (Wildman–Crippen LogP) is 3.79. The van der Waals surface area contributed by atoms with E-state index in [4.69, 9.17) is 0 Å². The molecule has 0 atom stereocenters. The maximum Gasteiger partial charge on any atom is 0.141 e. The van der Waals surface area contributed by atoms with E-state index in [1.165, 1.54) is 148 Å². The molecule has 0 fully saturated rings. The lowest BCUT2D eigenvalue weighted by Crippen LogP contribution is -2.48. The maximum atomic E-state index is 2.61. The quantitative estimate of drug-likeness (QED) is 0.226. The van der Waals surface area contributed by atoms with Crippen LogP contribution in [0.2, 0.25) is 0 Å². The molecule has 3 heterocycles. The van der Waals surface area contributed by atoms with Crippen LogP contribution in [-0.2, 0) is 0 Å². The molecule has 0 unspecified atom stereocenters. The Balaban J connectivity index is 1.07. The van der Waals surface area contributed by atoms with Gasteiger partial charge in [-0.2, -0.15) is 0 Å². The van der Waals surface area contributed by atoms with E-state index in [1.54, 1.807) is 0 Å². The van der Waals surface area contributed by atoms with Crippen molar-refractivity contribution in [1.29, 1.82) is 0 Å². The minimum atomic E-state index is 1.16. The first-order valence-electron chi connectivity index (χ1n) is 24.6. The standard InChI is InChI=1S/C60H46B7N3/c61-52-49(36-25-28-47-42(31-36)41-30-35(33-14-4-1-5-15-33)24-27-46(41)68(47)37-18-8-3-9-19-37)53(62)57(66)59-50(52)51-54(63)55(64)56(65)58(67)60(51)69(59)38-26-29-48-43(32-38)40-21-11-13-23-45(40)70(48)44-22-12-10-20-39(44)34-16-6-2-7-17-34/h1-32H,61-67H2. The van der Waals surface area contributed by atoms with E-state index in [2.05, 4.69) is 263 Å². The number of benzene rings is 10. The van der Waals surface area contributed by atoms with Gasteiger partial charge in [-0.3, -0.25) is 0 Å². The minimum absolute atomic E-state index is 1.16. The van der Waals surface area contributed by atoms with E-state index in [0.29, 0.717) is 0 Å². The average molecular weight is 885 g/mol. The summed E-state index contributed by atoms with van der Waals surface area (Å²) in [6.07, 6.45) is 0. The van der Waals surface area contributed by atoms with Gasteiger partial charge in [-0.05, 0) is 99.9 Å². The number of hydrogen-bond donors (Lipinski definition) is 0. The topological polar surface area (TPSA) is 14.8 Å². The Morgan fingerprint density at radius 1 is 0.271 bits per heavy atom. The second-order valence-electron chi connectivity index (χ2n) is 19.5. The molecule has 0 amide bonds. The lowest BCUT2D eigenvalue weighted by atomic mass is 9.64. The summed E-state index contributed by atoms with van der Waals surface area (Å²) in [4.78, 5) is 0. The van der Waals surface area contributed by atoms with Gasteiger partial charge in [-0.1, -0.05) is 160 Å². The van der Waals surface area contributed by atoms with Gasteiger partial charge in [0.1, 0.15) is 54.9 Å². The van der Waals surface area contributed by atoms with E-state index in [9.17, 15) is 0 Å². The van der Waals surface area contributed by atoms with Gasteiger partial charge in [0, 0.05) is 54.9 Å². The summed E-state index contributed by atoms with van der Waals surface area (Å²) >= 11 is 0. The number of fused-ring (bicyclic) bond motifs is 9. The van der Waals surface area contributed by atoms with Crippen molar-refractivity contribution in [1.82, 2.24) is 13.7 Å². The van der Waals surface area contributed by atoms with E-state index in [1.807, 2.05) is 0 Å². The van der Waals surface area contributed by atoms with E-state index >= 15 is 0 Å². The Labute approximate surface area is 414 Å². The minimum Gasteiger partial charge on any atom is -0.310 e. The summed E-state index contributed by atoms with van der Waals surface area (Å²) in [5, 5.41) is 7.69. The van der Waals surface area contributed by atoms with Gasteiger partial charge in [0.15, 0.2) is 0 Å². The maximum absolute atomic E-state index is 2.61. The van der Waals surface area contributed by atoms with E-state index < -0.39 is 0 Å². The molecule has 3 aromatic heterocycles. The summed E-state index contributed by atoms with van der Waals surface area (Å²) in [6.45, 7) is 0. The van der Waals surface area contributed by atoms with Crippen LogP contribution >= 0.6 is 0 Å². The second kappa shape index (κ2) is 16.1. The highest BCUT2D eigenvalue weighted by Crippen LogP contribution is 2.40. The van der Waals surface area contributed by atoms with Gasteiger partial charge in [-0.15, -0.1) is 5.46 Å². The molecule has 0 bridgehead atoms. The fourth-order valence-corrected chi connectivity index (χ4v) is 12.1. The van der Waals surface area contributed by atoms with Gasteiger partial charge in [0.2, 0.25) is 0 Å². The number of rotatable bonds is 6. The third kappa shape index (κ3) is 6.12. The van der Waals surface area contributed by atoms with Crippen molar-refractivity contribution in [3.8, 4) is 50.4 Å². The van der Waals surface area contributed by atoms with Crippen LogP contribution in [0.25, 0.3) is 116 Å². The highest BCUT2D eigenvalue weighted by molar-refractivity contribution is 6.69. The summed E-state index contributed by atoms with van der Waals surface area (Å²) in [7, 11) is 16.4. The molecule has 13 rings (SSSR count). The Morgan fingerprint density at radius 2 is 0.771 bits per heavy atom. The first-order valence-corrected chi connectivity index (χ1v) is 24.6. The molecule has 13 aromatic rings. The van der Waals surface area contributed by atoms with Gasteiger partial charge in [0.25, 0.3) is 0 Å². The molecule has 70 heavy (non-hydrogen) atoms. The molecule has 0 radical (unpaired) electrons. The van der Waals surface area contributed by atoms with E-state index in [0.717, 1.165) is 5.69 Å². The van der Waals surface area contributed by atoms with Gasteiger partial charge in [0.05, 0.1) is 27.8 Å². The highest BCUT2D eigenvalue weighted by atomic mass is 15.0. The van der Waals surface area contributed by atoms with Crippen LogP contribution < -0.4 is 38.2 Å². The molecule has 0 aliphatic rings. The van der Waals surface area contributed by atoms with Crippen molar-refractivity contribution in [2.75, 3.05) is 0 Å². The molecule has 0 N–H and O–H groups in total. The third-order valence-corrected chi connectivity index (χ3v) is 16.0. The van der Waals surface area contributed by atoms with Crippen molar-refractivity contribution >= 4 is 159 Å². The Hall–Kier alpha value is -7.95. The van der Waals surface area contributed by atoms with Crippen LogP contribution in [0, 0.1) is 0 Å². The zero-order valence-electron chi connectivity index (χ0n) is 40.8. The smallest absolute Gasteiger partial charge is 0.141 e. The Kier molecular flexibility index (Phi) is 9.68. The van der Waals surface area contributed by atoms with Crippen LogP contribution in [0.1, 0.15) is 0 Å². The molecular formula is C60H46B7N3. The summed E-state index contributed by atoms with van der Waals surface area (Å²) in [6, 6.07) is 71.4. The van der Waals surface area contributed by atoms with Crippen molar-refractivity contribution in [2.24, 2.45) is 0 Å². The van der Waals surface area contributed by atoms with Gasteiger partial charge < -0.3 is 13.7 Å². The van der Waals surface area contributed by atoms with E-state index in [-0.39, 0.29) is 0 Å². The summed E-state index contributed by atoms with van der Waals surface area (Å²) in [5.74, 6) is 0. The monoisotopic (exact) mass is 885 g/mol. The van der Waals surface area contributed by atoms with Crippen molar-refractivity contribution in [2.45, 2.75) is 0 Å². The molecule has 10 heteroatoms. The number of para-hydroxylation sites is 3. The van der Waals surface area contributed by atoms with Crippen molar-refractivity contribution in [3.05, 3.63) is 194 Å². The first-order chi connectivity index (χ1) is 34.2. The first kappa shape index (κ1) is 42.2. The number of aromatic nitrogens is 3. The zero-order chi connectivity index (χ0) is 47.5. The predicted molar refractivity (Wildman–Crippen MR) is 323 cm³/mol.